The normalized spacial score (nSPS) is 14.4. The number of nitrogens with zero attached hydrogens (tertiary/aromatic N) is 4. The van der Waals surface area contributed by atoms with Crippen LogP contribution < -0.4 is 5.32 Å². The van der Waals surface area contributed by atoms with Crippen LogP contribution in [0.25, 0.3) is 5.69 Å². The largest absolute Gasteiger partial charge is 0.336 e. The Bertz CT molecular complexity index is 1150. The van der Waals surface area contributed by atoms with E-state index >= 15 is 0 Å². The molecule has 0 unspecified atom stereocenters. The van der Waals surface area contributed by atoms with Gasteiger partial charge in [-0.3, -0.25) is 14.5 Å². The van der Waals surface area contributed by atoms with Crippen LogP contribution in [-0.4, -0.2) is 64.1 Å². The van der Waals surface area contributed by atoms with Gasteiger partial charge in [0.05, 0.1) is 29.2 Å². The fraction of sp³-hybridized carbons (Fsp3) is 0.292. The van der Waals surface area contributed by atoms with E-state index in [9.17, 15) is 18.4 Å². The van der Waals surface area contributed by atoms with Gasteiger partial charge >= 0.3 is 0 Å². The number of piperazine rings is 1. The molecule has 0 bridgehead atoms. The first kappa shape index (κ1) is 22.6. The van der Waals surface area contributed by atoms with Crippen LogP contribution in [0.3, 0.4) is 0 Å². The van der Waals surface area contributed by atoms with E-state index in [2.05, 4.69) is 10.4 Å². The first-order valence-corrected chi connectivity index (χ1v) is 10.7. The molecule has 2 heterocycles. The summed E-state index contributed by atoms with van der Waals surface area (Å²) in [6.07, 6.45) is 0. The molecule has 7 nitrogen and oxygen atoms in total. The van der Waals surface area contributed by atoms with Crippen LogP contribution in [0, 0.1) is 25.5 Å². The first-order valence-electron chi connectivity index (χ1n) is 10.7. The maximum absolute atomic E-state index is 13.3. The molecule has 2 aromatic carbocycles. The highest BCUT2D eigenvalue weighted by Crippen LogP contribution is 2.21. The maximum atomic E-state index is 13.3. The molecule has 172 valence electrons. The molecule has 1 N–H and O–H groups in total. The number of carbonyl (C=O) groups is 2. The summed E-state index contributed by atoms with van der Waals surface area (Å²) in [4.78, 5) is 29.3. The van der Waals surface area contributed by atoms with E-state index < -0.39 is 0 Å². The lowest BCUT2D eigenvalue weighted by atomic mass is 10.1. The molecule has 1 fully saturated rings. The number of aromatic nitrogens is 2. The third-order valence-electron chi connectivity index (χ3n) is 5.73. The molecule has 3 aromatic rings. The molecule has 0 aliphatic carbocycles. The Kier molecular flexibility index (Phi) is 6.50. The van der Waals surface area contributed by atoms with E-state index in [4.69, 9.17) is 0 Å². The molecule has 1 aliphatic heterocycles. The zero-order valence-electron chi connectivity index (χ0n) is 18.5. The molecule has 33 heavy (non-hydrogen) atoms. The summed E-state index contributed by atoms with van der Waals surface area (Å²) in [5.74, 6) is -0.981. The van der Waals surface area contributed by atoms with Crippen LogP contribution in [0.15, 0.2) is 48.5 Å². The second-order valence-electron chi connectivity index (χ2n) is 8.06. The third-order valence-corrected chi connectivity index (χ3v) is 5.73. The Morgan fingerprint density at radius 1 is 0.909 bits per heavy atom. The summed E-state index contributed by atoms with van der Waals surface area (Å²) >= 11 is 0. The van der Waals surface area contributed by atoms with E-state index in [1.54, 1.807) is 28.6 Å². The van der Waals surface area contributed by atoms with E-state index in [-0.39, 0.29) is 30.0 Å². The van der Waals surface area contributed by atoms with Gasteiger partial charge < -0.3 is 10.2 Å². The number of anilines is 1. The number of halogens is 2. The minimum Gasteiger partial charge on any atom is -0.336 e. The van der Waals surface area contributed by atoms with Crippen LogP contribution in [0.1, 0.15) is 21.7 Å². The number of nitrogens with one attached hydrogen (secondary N) is 1. The second kappa shape index (κ2) is 9.50. The van der Waals surface area contributed by atoms with Crippen molar-refractivity contribution in [3.8, 4) is 5.69 Å². The van der Waals surface area contributed by atoms with Crippen LogP contribution in [-0.2, 0) is 4.79 Å². The summed E-state index contributed by atoms with van der Waals surface area (Å²) in [6, 6.07) is 11.6. The van der Waals surface area contributed by atoms with Gasteiger partial charge in [-0.1, -0.05) is 0 Å². The van der Waals surface area contributed by atoms with Crippen molar-refractivity contribution < 1.29 is 18.4 Å². The fourth-order valence-corrected chi connectivity index (χ4v) is 3.99. The second-order valence-corrected chi connectivity index (χ2v) is 8.06. The molecule has 0 radical (unpaired) electrons. The predicted molar refractivity (Wildman–Crippen MR) is 120 cm³/mol. The smallest absolute Gasteiger partial charge is 0.257 e. The Balaban J connectivity index is 1.36. The molecule has 1 aliphatic rings. The Labute approximate surface area is 190 Å². The predicted octanol–water partition coefficient (Wildman–Crippen LogP) is 3.16. The van der Waals surface area contributed by atoms with Crippen molar-refractivity contribution in [3.63, 3.8) is 0 Å². The Hall–Kier alpha value is -3.59. The van der Waals surface area contributed by atoms with E-state index in [1.165, 1.54) is 36.4 Å². The number of amides is 2. The lowest BCUT2D eigenvalue weighted by Gasteiger charge is -2.34. The molecule has 0 saturated carbocycles. The van der Waals surface area contributed by atoms with Crippen molar-refractivity contribution in [2.24, 2.45) is 0 Å². The number of hydrogen-bond acceptors (Lipinski definition) is 4. The molecule has 1 saturated heterocycles. The third kappa shape index (κ3) is 5.09. The van der Waals surface area contributed by atoms with Gasteiger partial charge in [-0.25, -0.2) is 13.5 Å². The molecular weight excluding hydrogens is 428 g/mol. The number of benzene rings is 2. The maximum Gasteiger partial charge on any atom is 0.257 e. The molecule has 4 rings (SSSR count). The van der Waals surface area contributed by atoms with Gasteiger partial charge in [0, 0.05) is 31.9 Å². The highest BCUT2D eigenvalue weighted by Gasteiger charge is 2.27. The van der Waals surface area contributed by atoms with Crippen molar-refractivity contribution in [2.45, 2.75) is 13.8 Å². The fourth-order valence-electron chi connectivity index (χ4n) is 3.99. The minimum absolute atomic E-state index is 0.103. The van der Waals surface area contributed by atoms with Gasteiger partial charge in [0.1, 0.15) is 11.6 Å². The van der Waals surface area contributed by atoms with Crippen molar-refractivity contribution >= 4 is 17.5 Å². The number of carbonyl (C=O) groups excluding carboxylic acids is 2. The first-order chi connectivity index (χ1) is 15.8. The molecule has 1 aromatic heterocycles. The monoisotopic (exact) mass is 453 g/mol. The topological polar surface area (TPSA) is 70.5 Å². The average molecular weight is 453 g/mol. The summed E-state index contributed by atoms with van der Waals surface area (Å²) in [5.41, 5.74) is 3.09. The van der Waals surface area contributed by atoms with Gasteiger partial charge in [0.15, 0.2) is 0 Å². The molecular formula is C24H25F2N5O2. The van der Waals surface area contributed by atoms with Crippen LogP contribution in [0.5, 0.6) is 0 Å². The van der Waals surface area contributed by atoms with Gasteiger partial charge in [-0.2, -0.15) is 5.10 Å². The van der Waals surface area contributed by atoms with E-state index in [0.29, 0.717) is 54.5 Å². The summed E-state index contributed by atoms with van der Waals surface area (Å²) in [6.45, 7) is 5.91. The highest BCUT2D eigenvalue weighted by molar-refractivity contribution is 5.96. The average Bonchev–Trinajstić information content (AvgIpc) is 3.09. The minimum atomic E-state index is -0.359. The highest BCUT2D eigenvalue weighted by atomic mass is 19.1. The standard InChI is InChI=1S/C24H25F2N5O2/c1-16-23(17(2)31(28-16)21-9-5-19(26)6-10-21)24(33)30-13-11-29(12-14-30)15-22(32)27-20-7-3-18(25)4-8-20/h3-10H,11-15H2,1-2H3,(H,27,32). The van der Waals surface area contributed by atoms with E-state index in [1.807, 2.05) is 11.8 Å². The van der Waals surface area contributed by atoms with Gasteiger partial charge in [0.2, 0.25) is 5.91 Å². The molecule has 0 spiro atoms. The zero-order chi connectivity index (χ0) is 23.5. The van der Waals surface area contributed by atoms with Gasteiger partial charge in [0.25, 0.3) is 5.91 Å². The number of aryl methyl sites for hydroxylation is 1. The van der Waals surface area contributed by atoms with Gasteiger partial charge in [-0.15, -0.1) is 0 Å². The van der Waals surface area contributed by atoms with Crippen LogP contribution in [0.4, 0.5) is 14.5 Å². The van der Waals surface area contributed by atoms with Crippen molar-refractivity contribution in [3.05, 3.63) is 77.1 Å². The lowest BCUT2D eigenvalue weighted by molar-refractivity contribution is -0.117. The van der Waals surface area contributed by atoms with Gasteiger partial charge in [-0.05, 0) is 62.4 Å². The van der Waals surface area contributed by atoms with Crippen molar-refractivity contribution in [2.75, 3.05) is 38.0 Å². The quantitative estimate of drug-likeness (QED) is 0.644. The molecule has 2 amide bonds. The summed E-state index contributed by atoms with van der Waals surface area (Å²) in [5, 5.41) is 7.24. The van der Waals surface area contributed by atoms with Crippen molar-refractivity contribution in [1.29, 1.82) is 0 Å². The SMILES string of the molecule is Cc1nn(-c2ccc(F)cc2)c(C)c1C(=O)N1CCN(CC(=O)Nc2ccc(F)cc2)CC1. The lowest BCUT2D eigenvalue weighted by Crippen LogP contribution is -2.50. The van der Waals surface area contributed by atoms with Crippen LogP contribution in [0.2, 0.25) is 0 Å². The summed E-state index contributed by atoms with van der Waals surface area (Å²) in [7, 11) is 0. The number of rotatable bonds is 5. The Morgan fingerprint density at radius 2 is 1.48 bits per heavy atom. The molecule has 0 atom stereocenters. The Morgan fingerprint density at radius 3 is 2.09 bits per heavy atom. The number of hydrogen-bond donors (Lipinski definition) is 1. The van der Waals surface area contributed by atoms with Crippen LogP contribution >= 0.6 is 0 Å². The zero-order valence-corrected chi connectivity index (χ0v) is 18.5. The summed E-state index contributed by atoms with van der Waals surface area (Å²) < 4.78 is 27.9. The van der Waals surface area contributed by atoms with E-state index in [0.717, 1.165) is 0 Å². The molecule has 9 heteroatoms. The van der Waals surface area contributed by atoms with Crippen molar-refractivity contribution in [1.82, 2.24) is 19.6 Å².